The minimum atomic E-state index is 0.0425. The number of likely N-dealkylation sites (tertiary alicyclic amines) is 2. The van der Waals surface area contributed by atoms with Crippen molar-refractivity contribution >= 4 is 11.8 Å². The summed E-state index contributed by atoms with van der Waals surface area (Å²) in [6.45, 7) is 5.43. The van der Waals surface area contributed by atoms with Crippen LogP contribution in [0.25, 0.3) is 0 Å². The second-order valence-corrected chi connectivity index (χ2v) is 7.59. The summed E-state index contributed by atoms with van der Waals surface area (Å²) in [7, 11) is 4.05. The molecular weight excluding hydrogens is 282 g/mol. The van der Waals surface area contributed by atoms with Gasteiger partial charge in [-0.2, -0.15) is 0 Å². The van der Waals surface area contributed by atoms with Gasteiger partial charge in [-0.15, -0.1) is 0 Å². The molecule has 2 amide bonds. The van der Waals surface area contributed by atoms with Crippen LogP contribution in [0, 0.1) is 29.6 Å². The van der Waals surface area contributed by atoms with E-state index in [9.17, 15) is 9.59 Å². The van der Waals surface area contributed by atoms with E-state index in [1.807, 2.05) is 23.9 Å². The van der Waals surface area contributed by atoms with Crippen molar-refractivity contribution in [1.82, 2.24) is 14.7 Å². The van der Waals surface area contributed by atoms with Crippen molar-refractivity contribution in [3.05, 3.63) is 0 Å². The van der Waals surface area contributed by atoms with E-state index in [1.165, 1.54) is 0 Å². The van der Waals surface area contributed by atoms with E-state index in [-0.39, 0.29) is 23.7 Å². The highest BCUT2D eigenvalue weighted by atomic mass is 16.5. The van der Waals surface area contributed by atoms with Crippen molar-refractivity contribution in [1.29, 1.82) is 0 Å². The molecule has 0 N–H and O–H groups in total. The largest absolute Gasteiger partial charge is 0.381 e. The maximum absolute atomic E-state index is 12.6. The van der Waals surface area contributed by atoms with Gasteiger partial charge in [0.05, 0.1) is 19.1 Å². The van der Waals surface area contributed by atoms with Crippen LogP contribution in [-0.2, 0) is 14.3 Å². The minimum absolute atomic E-state index is 0.0425. The Labute approximate surface area is 131 Å². The highest BCUT2D eigenvalue weighted by molar-refractivity contribution is 5.86. The molecule has 3 unspecified atom stereocenters. The molecule has 122 valence electrons. The predicted octanol–water partition coefficient (Wildman–Crippen LogP) is -0.643. The zero-order valence-corrected chi connectivity index (χ0v) is 13.4. The summed E-state index contributed by atoms with van der Waals surface area (Å²) in [6, 6.07) is 0. The summed E-state index contributed by atoms with van der Waals surface area (Å²) in [6.07, 6.45) is 0. The van der Waals surface area contributed by atoms with E-state index in [4.69, 9.17) is 4.74 Å². The Hall–Kier alpha value is -1.14. The number of likely N-dealkylation sites (N-methyl/N-ethyl adjacent to an activating group) is 1. The Morgan fingerprint density at radius 2 is 1.95 bits per heavy atom. The number of carbonyl (C=O) groups excluding carboxylic acids is 2. The van der Waals surface area contributed by atoms with E-state index >= 15 is 0 Å². The third-order valence-electron chi connectivity index (χ3n) is 5.89. The zero-order chi connectivity index (χ0) is 15.4. The number of ether oxygens (including phenoxy) is 1. The Morgan fingerprint density at radius 3 is 2.59 bits per heavy atom. The Balaban J connectivity index is 1.33. The molecule has 3 aliphatic heterocycles. The summed E-state index contributed by atoms with van der Waals surface area (Å²) in [5.74, 6) is 2.02. The molecular formula is C16H25N3O3. The molecule has 3 heterocycles. The molecule has 0 aromatic heterocycles. The monoisotopic (exact) mass is 307 g/mol. The lowest BCUT2D eigenvalue weighted by molar-refractivity contribution is -0.135. The maximum Gasteiger partial charge on any atom is 0.227 e. The van der Waals surface area contributed by atoms with Gasteiger partial charge in [0.2, 0.25) is 11.8 Å². The lowest BCUT2D eigenvalue weighted by atomic mass is 10.0. The number of rotatable bonds is 4. The first kappa shape index (κ1) is 14.5. The lowest BCUT2D eigenvalue weighted by Crippen LogP contribution is -2.39. The number of amides is 2. The Bertz CT molecular complexity index is 485. The smallest absolute Gasteiger partial charge is 0.227 e. The van der Waals surface area contributed by atoms with Gasteiger partial charge in [0.25, 0.3) is 0 Å². The molecule has 6 heteroatoms. The third kappa shape index (κ3) is 2.24. The zero-order valence-electron chi connectivity index (χ0n) is 13.4. The normalized spacial score (nSPS) is 39.6. The molecule has 4 aliphatic rings. The molecule has 1 saturated carbocycles. The van der Waals surface area contributed by atoms with Gasteiger partial charge >= 0.3 is 0 Å². The molecule has 22 heavy (non-hydrogen) atoms. The van der Waals surface area contributed by atoms with E-state index < -0.39 is 0 Å². The average molecular weight is 307 g/mol. The fourth-order valence-electron chi connectivity index (χ4n) is 4.46. The van der Waals surface area contributed by atoms with Gasteiger partial charge in [-0.3, -0.25) is 9.59 Å². The summed E-state index contributed by atoms with van der Waals surface area (Å²) in [5, 5.41) is 0. The van der Waals surface area contributed by atoms with Crippen LogP contribution in [0.4, 0.5) is 0 Å². The molecule has 0 radical (unpaired) electrons. The predicted molar refractivity (Wildman–Crippen MR) is 80.0 cm³/mol. The maximum atomic E-state index is 12.6. The number of fused-ring (bicyclic) bond motifs is 2. The van der Waals surface area contributed by atoms with E-state index in [2.05, 4.69) is 4.90 Å². The van der Waals surface area contributed by atoms with Gasteiger partial charge < -0.3 is 19.4 Å². The number of carbonyl (C=O) groups is 2. The molecule has 1 aliphatic carbocycles. The molecule has 3 saturated heterocycles. The summed E-state index contributed by atoms with van der Waals surface area (Å²) < 4.78 is 5.37. The highest BCUT2D eigenvalue weighted by Crippen LogP contribution is 2.52. The third-order valence-corrected chi connectivity index (χ3v) is 5.89. The minimum Gasteiger partial charge on any atom is -0.381 e. The summed E-state index contributed by atoms with van der Waals surface area (Å²) in [4.78, 5) is 31.1. The summed E-state index contributed by atoms with van der Waals surface area (Å²) >= 11 is 0. The van der Waals surface area contributed by atoms with Gasteiger partial charge in [-0.05, 0) is 25.9 Å². The quantitative estimate of drug-likeness (QED) is 0.693. The van der Waals surface area contributed by atoms with Crippen molar-refractivity contribution in [3.63, 3.8) is 0 Å². The first-order chi connectivity index (χ1) is 10.6. The average Bonchev–Trinajstić information content (AvgIpc) is 2.88. The molecule has 0 aromatic rings. The summed E-state index contributed by atoms with van der Waals surface area (Å²) in [5.41, 5.74) is 0. The molecule has 0 aromatic carbocycles. The molecule has 4 fully saturated rings. The van der Waals surface area contributed by atoms with Crippen molar-refractivity contribution in [2.45, 2.75) is 0 Å². The van der Waals surface area contributed by atoms with Crippen LogP contribution in [0.15, 0.2) is 0 Å². The van der Waals surface area contributed by atoms with Gasteiger partial charge in [0.1, 0.15) is 0 Å². The van der Waals surface area contributed by atoms with Crippen molar-refractivity contribution in [3.8, 4) is 0 Å². The standard InChI is InChI=1S/C16H25N3O3/c1-17(2)3-4-18-5-10-6-19(7-11(10)15(18)20)16(21)14-12-8-22-9-13(12)14/h10-14H,3-9H2,1-2H3/t10?,11?,12-,13+,14?. The van der Waals surface area contributed by atoms with Crippen LogP contribution < -0.4 is 0 Å². The Morgan fingerprint density at radius 1 is 1.23 bits per heavy atom. The van der Waals surface area contributed by atoms with Crippen LogP contribution in [-0.4, -0.2) is 86.5 Å². The van der Waals surface area contributed by atoms with Crippen molar-refractivity contribution < 1.29 is 14.3 Å². The van der Waals surface area contributed by atoms with Crippen LogP contribution >= 0.6 is 0 Å². The molecule has 6 nitrogen and oxygen atoms in total. The number of nitrogens with zero attached hydrogens (tertiary/aromatic N) is 3. The lowest BCUT2D eigenvalue weighted by Gasteiger charge is -2.23. The van der Waals surface area contributed by atoms with Gasteiger partial charge in [0, 0.05) is 44.6 Å². The molecule has 0 spiro atoms. The second-order valence-electron chi connectivity index (χ2n) is 7.59. The number of hydrogen-bond donors (Lipinski definition) is 0. The fourth-order valence-corrected chi connectivity index (χ4v) is 4.46. The van der Waals surface area contributed by atoms with E-state index in [0.29, 0.717) is 24.3 Å². The van der Waals surface area contributed by atoms with Gasteiger partial charge in [-0.25, -0.2) is 0 Å². The van der Waals surface area contributed by atoms with Crippen molar-refractivity contribution in [2.24, 2.45) is 29.6 Å². The van der Waals surface area contributed by atoms with Gasteiger partial charge in [-0.1, -0.05) is 0 Å². The van der Waals surface area contributed by atoms with Crippen LogP contribution in [0.2, 0.25) is 0 Å². The van der Waals surface area contributed by atoms with E-state index in [1.54, 1.807) is 0 Å². The molecule has 4 rings (SSSR count). The van der Waals surface area contributed by atoms with Crippen LogP contribution in [0.5, 0.6) is 0 Å². The second kappa shape index (κ2) is 5.20. The van der Waals surface area contributed by atoms with E-state index in [0.717, 1.165) is 39.4 Å². The topological polar surface area (TPSA) is 53.1 Å². The van der Waals surface area contributed by atoms with Crippen LogP contribution in [0.3, 0.4) is 0 Å². The number of hydrogen-bond acceptors (Lipinski definition) is 4. The first-order valence-corrected chi connectivity index (χ1v) is 8.36. The molecule has 0 bridgehead atoms. The highest BCUT2D eigenvalue weighted by Gasteiger charge is 2.60. The molecule has 5 atom stereocenters. The van der Waals surface area contributed by atoms with Crippen LogP contribution in [0.1, 0.15) is 0 Å². The SMILES string of the molecule is CN(C)CCN1CC2CN(C(=O)C3[C@H]4COC[C@@H]34)CC2C1=O. The fraction of sp³-hybridized carbons (Fsp3) is 0.875. The van der Waals surface area contributed by atoms with Gasteiger partial charge in [0.15, 0.2) is 0 Å². The van der Waals surface area contributed by atoms with Crippen molar-refractivity contribution in [2.75, 3.05) is 60.0 Å². The first-order valence-electron chi connectivity index (χ1n) is 8.36. The Kier molecular flexibility index (Phi) is 3.42.